The number of hydrogen-bond donors (Lipinski definition) is 4. The average Bonchev–Trinajstić information content (AvgIpc) is 2.77. The number of carbonyl (C=O) groups is 1. The summed E-state index contributed by atoms with van der Waals surface area (Å²) in [5.74, 6) is -0.0123. The molecule has 0 aliphatic heterocycles. The minimum atomic E-state index is -3.96. The molecule has 0 aliphatic rings. The zero-order valence-electron chi connectivity index (χ0n) is 20.9. The normalized spacial score (nSPS) is 14.0. The number of sulfonamides is 1. The van der Waals surface area contributed by atoms with Crippen molar-refractivity contribution in [2.75, 3.05) is 18.6 Å². The molecule has 10 heteroatoms. The van der Waals surface area contributed by atoms with Crippen molar-refractivity contribution in [2.24, 2.45) is 5.92 Å². The van der Waals surface area contributed by atoms with E-state index in [9.17, 15) is 18.3 Å². The van der Waals surface area contributed by atoms with Gasteiger partial charge in [-0.3, -0.25) is 10.7 Å². The Morgan fingerprint density at radius 3 is 2.14 bits per heavy atom. The first-order valence-electron chi connectivity index (χ1n) is 11.5. The number of aliphatic hydroxyl groups excluding tert-OH is 1. The van der Waals surface area contributed by atoms with Crippen molar-refractivity contribution in [3.8, 4) is 0 Å². The minimum absolute atomic E-state index is 0.0123. The first-order chi connectivity index (χ1) is 16.3. The van der Waals surface area contributed by atoms with E-state index < -0.39 is 33.9 Å². The van der Waals surface area contributed by atoms with Gasteiger partial charge in [-0.1, -0.05) is 44.2 Å². The highest BCUT2D eigenvalue weighted by molar-refractivity contribution is 7.89. The Morgan fingerprint density at radius 1 is 1.03 bits per heavy atom. The van der Waals surface area contributed by atoms with Crippen molar-refractivity contribution in [2.45, 2.75) is 63.7 Å². The molecule has 0 unspecified atom stereocenters. The van der Waals surface area contributed by atoms with Crippen LogP contribution in [0.2, 0.25) is 0 Å². The number of anilines is 1. The number of amides is 1. The molecular weight excluding hydrogens is 470 g/mol. The molecule has 0 saturated carbocycles. The second-order valence-electron chi connectivity index (χ2n) is 9.86. The standard InChI is InChI=1S/C25H37N3O6S/c1-18(2)16-28(35(32,33)21-13-11-20(27-31)12-14-21)17-23(29)22(15-19-9-7-6-8-10-19)26-24(30)34-25(3,4)5/h6-14,18,22-23,27,29,31H,15-17H2,1-5H3,(H,26,30)/t22-,23+/m0/s1. The van der Waals surface area contributed by atoms with E-state index in [0.29, 0.717) is 5.69 Å². The molecule has 0 bridgehead atoms. The van der Waals surface area contributed by atoms with Crippen LogP contribution in [0.4, 0.5) is 10.5 Å². The number of hydrogen-bond acceptors (Lipinski definition) is 7. The second kappa shape index (κ2) is 12.3. The predicted octanol–water partition coefficient (Wildman–Crippen LogP) is 3.63. The lowest BCUT2D eigenvalue weighted by molar-refractivity contribution is 0.0400. The van der Waals surface area contributed by atoms with E-state index in [0.717, 1.165) is 5.56 Å². The van der Waals surface area contributed by atoms with Gasteiger partial charge in [-0.25, -0.2) is 13.2 Å². The van der Waals surface area contributed by atoms with Crippen LogP contribution in [-0.2, 0) is 21.2 Å². The molecule has 9 nitrogen and oxygen atoms in total. The van der Waals surface area contributed by atoms with Crippen LogP contribution in [0.3, 0.4) is 0 Å². The summed E-state index contributed by atoms with van der Waals surface area (Å²) < 4.78 is 33.4. The predicted molar refractivity (Wildman–Crippen MR) is 135 cm³/mol. The lowest BCUT2D eigenvalue weighted by Gasteiger charge is -2.31. The smallest absolute Gasteiger partial charge is 0.407 e. The molecule has 2 atom stereocenters. The summed E-state index contributed by atoms with van der Waals surface area (Å²) in [5, 5.41) is 22.9. The van der Waals surface area contributed by atoms with E-state index in [-0.39, 0.29) is 30.3 Å². The Labute approximate surface area is 208 Å². The SMILES string of the molecule is CC(C)CN(C[C@@H](O)[C@H](Cc1ccccc1)NC(=O)OC(C)(C)C)S(=O)(=O)c1ccc(NO)cc1. The molecule has 194 valence electrons. The van der Waals surface area contributed by atoms with Crippen LogP contribution in [0.1, 0.15) is 40.2 Å². The van der Waals surface area contributed by atoms with Gasteiger partial charge in [0.05, 0.1) is 22.7 Å². The Balaban J connectivity index is 2.31. The van der Waals surface area contributed by atoms with Gasteiger partial charge >= 0.3 is 6.09 Å². The molecule has 0 radical (unpaired) electrons. The highest BCUT2D eigenvalue weighted by Gasteiger charge is 2.32. The quantitative estimate of drug-likeness (QED) is 0.342. The van der Waals surface area contributed by atoms with Gasteiger partial charge in [0, 0.05) is 13.1 Å². The topological polar surface area (TPSA) is 128 Å². The summed E-state index contributed by atoms with van der Waals surface area (Å²) in [6.07, 6.45) is -1.62. The molecule has 4 N–H and O–H groups in total. The van der Waals surface area contributed by atoms with Crippen LogP contribution in [0, 0.1) is 5.92 Å². The lowest BCUT2D eigenvalue weighted by atomic mass is 10.0. The summed E-state index contributed by atoms with van der Waals surface area (Å²) >= 11 is 0. The Morgan fingerprint density at radius 2 is 1.63 bits per heavy atom. The Bertz CT molecular complexity index is 1040. The highest BCUT2D eigenvalue weighted by Crippen LogP contribution is 2.21. The van der Waals surface area contributed by atoms with E-state index in [2.05, 4.69) is 5.32 Å². The van der Waals surface area contributed by atoms with Crippen LogP contribution in [-0.4, -0.2) is 60.0 Å². The van der Waals surface area contributed by atoms with Crippen LogP contribution < -0.4 is 10.8 Å². The van der Waals surface area contributed by atoms with Crippen LogP contribution in [0.15, 0.2) is 59.5 Å². The van der Waals surface area contributed by atoms with Gasteiger partial charge in [0.25, 0.3) is 0 Å². The fourth-order valence-corrected chi connectivity index (χ4v) is 5.10. The van der Waals surface area contributed by atoms with Gasteiger partial charge in [0.15, 0.2) is 0 Å². The Hall–Kier alpha value is -2.66. The van der Waals surface area contributed by atoms with E-state index in [4.69, 9.17) is 9.94 Å². The number of nitrogens with zero attached hydrogens (tertiary/aromatic N) is 1. The summed E-state index contributed by atoms with van der Waals surface area (Å²) in [6.45, 7) is 8.93. The first-order valence-corrected chi connectivity index (χ1v) is 13.0. The largest absolute Gasteiger partial charge is 0.444 e. The lowest BCUT2D eigenvalue weighted by Crippen LogP contribution is -2.51. The number of ether oxygens (including phenoxy) is 1. The van der Waals surface area contributed by atoms with Crippen molar-refractivity contribution >= 4 is 21.8 Å². The molecular formula is C25H37N3O6S. The summed E-state index contributed by atoms with van der Waals surface area (Å²) in [7, 11) is -3.96. The molecule has 0 saturated heterocycles. The molecule has 2 rings (SSSR count). The maximum absolute atomic E-state index is 13.4. The van der Waals surface area contributed by atoms with Crippen molar-refractivity contribution in [3.05, 3.63) is 60.2 Å². The zero-order chi connectivity index (χ0) is 26.2. The molecule has 35 heavy (non-hydrogen) atoms. The number of benzene rings is 2. The summed E-state index contributed by atoms with van der Waals surface area (Å²) in [5.41, 5.74) is 2.47. The third kappa shape index (κ3) is 9.14. The molecule has 1 amide bonds. The minimum Gasteiger partial charge on any atom is -0.444 e. The van der Waals surface area contributed by atoms with Crippen molar-refractivity contribution in [1.29, 1.82) is 0 Å². The maximum atomic E-state index is 13.4. The van der Waals surface area contributed by atoms with Gasteiger partial charge in [-0.2, -0.15) is 4.31 Å². The highest BCUT2D eigenvalue weighted by atomic mass is 32.2. The molecule has 0 aliphatic carbocycles. The van der Waals surface area contributed by atoms with Gasteiger partial charge in [0.1, 0.15) is 5.60 Å². The number of carbonyl (C=O) groups excluding carboxylic acids is 1. The van der Waals surface area contributed by atoms with Crippen LogP contribution in [0.25, 0.3) is 0 Å². The van der Waals surface area contributed by atoms with Crippen molar-refractivity contribution < 1.29 is 28.3 Å². The second-order valence-corrected chi connectivity index (χ2v) is 11.8. The maximum Gasteiger partial charge on any atom is 0.407 e. The van der Waals surface area contributed by atoms with E-state index in [1.54, 1.807) is 20.8 Å². The summed E-state index contributed by atoms with van der Waals surface area (Å²) in [4.78, 5) is 12.5. The van der Waals surface area contributed by atoms with Gasteiger partial charge < -0.3 is 15.2 Å². The van der Waals surface area contributed by atoms with Crippen LogP contribution >= 0.6 is 0 Å². The van der Waals surface area contributed by atoms with Crippen LogP contribution in [0.5, 0.6) is 0 Å². The van der Waals surface area contributed by atoms with Crippen molar-refractivity contribution in [1.82, 2.24) is 9.62 Å². The van der Waals surface area contributed by atoms with E-state index in [1.165, 1.54) is 28.6 Å². The molecule has 2 aromatic carbocycles. The van der Waals surface area contributed by atoms with Gasteiger partial charge in [0.2, 0.25) is 10.0 Å². The average molecular weight is 508 g/mol. The van der Waals surface area contributed by atoms with Gasteiger partial charge in [-0.05, 0) is 62.9 Å². The molecule has 0 fully saturated rings. The number of aliphatic hydroxyl groups is 1. The number of rotatable bonds is 11. The molecule has 0 spiro atoms. The third-order valence-corrected chi connectivity index (χ3v) is 6.89. The number of nitrogens with one attached hydrogen (secondary N) is 2. The fraction of sp³-hybridized carbons (Fsp3) is 0.480. The third-order valence-electron chi connectivity index (χ3n) is 5.05. The Kier molecular flexibility index (Phi) is 10.1. The van der Waals surface area contributed by atoms with Crippen molar-refractivity contribution in [3.63, 3.8) is 0 Å². The fourth-order valence-electron chi connectivity index (χ4n) is 3.47. The van der Waals surface area contributed by atoms with E-state index in [1.807, 2.05) is 49.7 Å². The first kappa shape index (κ1) is 28.6. The van der Waals surface area contributed by atoms with E-state index >= 15 is 0 Å². The molecule has 2 aromatic rings. The molecule has 0 aromatic heterocycles. The monoisotopic (exact) mass is 507 g/mol. The van der Waals surface area contributed by atoms with Gasteiger partial charge in [-0.15, -0.1) is 0 Å². The molecule has 0 heterocycles. The number of alkyl carbamates (subject to hydrolysis) is 1. The zero-order valence-corrected chi connectivity index (χ0v) is 21.7. The summed E-state index contributed by atoms with van der Waals surface area (Å²) in [6, 6.07) is 14.2.